The molecule has 1 N–H and O–H groups in total. The molecule has 0 fully saturated rings. The standard InChI is InChI=1S/C23H20ClNO3/c1-2-21(22(26)16-8-4-3-5-9-16)28-18-14-12-17(13-15-18)25-23(27)19-10-6-7-11-20(19)24/h3-15,21H,2H2,1H3,(H,25,27). The number of carbonyl (C=O) groups is 2. The van der Waals surface area contributed by atoms with Gasteiger partial charge in [0.2, 0.25) is 5.78 Å². The fourth-order valence-corrected chi connectivity index (χ4v) is 2.96. The number of hydrogen-bond donors (Lipinski definition) is 1. The van der Waals surface area contributed by atoms with Crippen LogP contribution in [0.5, 0.6) is 5.75 Å². The maximum Gasteiger partial charge on any atom is 0.257 e. The van der Waals surface area contributed by atoms with E-state index in [-0.39, 0.29) is 11.7 Å². The van der Waals surface area contributed by atoms with E-state index >= 15 is 0 Å². The maximum atomic E-state index is 12.6. The molecule has 5 heteroatoms. The molecule has 3 aromatic rings. The Morgan fingerprint density at radius 3 is 2.21 bits per heavy atom. The monoisotopic (exact) mass is 393 g/mol. The lowest BCUT2D eigenvalue weighted by Crippen LogP contribution is -2.26. The zero-order chi connectivity index (χ0) is 19.9. The first kappa shape index (κ1) is 19.6. The number of Topliss-reactive ketones (excluding diaryl/α,β-unsaturated/α-hetero) is 1. The number of rotatable bonds is 7. The maximum absolute atomic E-state index is 12.6. The highest BCUT2D eigenvalue weighted by Gasteiger charge is 2.20. The first-order valence-electron chi connectivity index (χ1n) is 9.00. The van der Waals surface area contributed by atoms with Crippen LogP contribution in [0.3, 0.4) is 0 Å². The van der Waals surface area contributed by atoms with Gasteiger partial charge >= 0.3 is 0 Å². The van der Waals surface area contributed by atoms with Gasteiger partial charge in [-0.25, -0.2) is 0 Å². The Balaban J connectivity index is 1.66. The quantitative estimate of drug-likeness (QED) is 0.529. The van der Waals surface area contributed by atoms with E-state index in [0.29, 0.717) is 34.0 Å². The van der Waals surface area contributed by atoms with Crippen LogP contribution < -0.4 is 10.1 Å². The molecule has 1 atom stereocenters. The minimum Gasteiger partial charge on any atom is -0.482 e. The summed E-state index contributed by atoms with van der Waals surface area (Å²) < 4.78 is 5.86. The number of halogens is 1. The second-order valence-electron chi connectivity index (χ2n) is 6.20. The van der Waals surface area contributed by atoms with Crippen LogP contribution in [0, 0.1) is 0 Å². The van der Waals surface area contributed by atoms with Gasteiger partial charge < -0.3 is 10.1 Å². The van der Waals surface area contributed by atoms with Gasteiger partial charge in [-0.2, -0.15) is 0 Å². The summed E-state index contributed by atoms with van der Waals surface area (Å²) in [6.07, 6.45) is -0.00963. The predicted molar refractivity (Wildman–Crippen MR) is 111 cm³/mol. The molecule has 3 aromatic carbocycles. The number of benzene rings is 3. The van der Waals surface area contributed by atoms with Crippen LogP contribution in [-0.4, -0.2) is 17.8 Å². The van der Waals surface area contributed by atoms with Crippen molar-refractivity contribution in [3.05, 3.63) is 95.0 Å². The van der Waals surface area contributed by atoms with Crippen LogP contribution in [0.2, 0.25) is 5.02 Å². The summed E-state index contributed by atoms with van der Waals surface area (Å²) in [4.78, 5) is 24.9. The Kier molecular flexibility index (Phi) is 6.45. The molecule has 3 rings (SSSR count). The van der Waals surface area contributed by atoms with Crippen LogP contribution >= 0.6 is 11.6 Å². The molecular formula is C23H20ClNO3. The molecule has 0 aliphatic heterocycles. The van der Waals surface area contributed by atoms with E-state index < -0.39 is 6.10 Å². The molecule has 0 radical (unpaired) electrons. The van der Waals surface area contributed by atoms with Crippen LogP contribution in [0.25, 0.3) is 0 Å². The van der Waals surface area contributed by atoms with Gasteiger partial charge in [-0.15, -0.1) is 0 Å². The van der Waals surface area contributed by atoms with Gasteiger partial charge in [0.1, 0.15) is 5.75 Å². The van der Waals surface area contributed by atoms with Crippen molar-refractivity contribution in [1.82, 2.24) is 0 Å². The molecule has 0 spiro atoms. The SMILES string of the molecule is CCC(Oc1ccc(NC(=O)c2ccccc2Cl)cc1)C(=O)c1ccccc1. The average Bonchev–Trinajstić information content (AvgIpc) is 2.73. The Morgan fingerprint density at radius 1 is 0.929 bits per heavy atom. The molecule has 0 aliphatic carbocycles. The Hall–Kier alpha value is -3.11. The third-order valence-electron chi connectivity index (χ3n) is 4.23. The zero-order valence-corrected chi connectivity index (χ0v) is 16.1. The number of ether oxygens (including phenoxy) is 1. The summed E-state index contributed by atoms with van der Waals surface area (Å²) in [5.41, 5.74) is 1.64. The van der Waals surface area contributed by atoms with Crippen LogP contribution in [-0.2, 0) is 0 Å². The first-order chi connectivity index (χ1) is 13.6. The molecule has 0 bridgehead atoms. The summed E-state index contributed by atoms with van der Waals surface area (Å²) in [5, 5.41) is 3.19. The van der Waals surface area contributed by atoms with Crippen LogP contribution in [0.4, 0.5) is 5.69 Å². The lowest BCUT2D eigenvalue weighted by molar-refractivity contribution is 0.0786. The van der Waals surface area contributed by atoms with Crippen LogP contribution in [0.1, 0.15) is 34.1 Å². The molecule has 1 unspecified atom stereocenters. The average molecular weight is 394 g/mol. The number of carbonyl (C=O) groups excluding carboxylic acids is 2. The highest BCUT2D eigenvalue weighted by atomic mass is 35.5. The summed E-state index contributed by atoms with van der Waals surface area (Å²) >= 11 is 6.05. The van der Waals surface area contributed by atoms with E-state index in [9.17, 15) is 9.59 Å². The van der Waals surface area contributed by atoms with Crippen molar-refractivity contribution < 1.29 is 14.3 Å². The van der Waals surface area contributed by atoms with E-state index in [2.05, 4.69) is 5.32 Å². The second kappa shape index (κ2) is 9.20. The zero-order valence-electron chi connectivity index (χ0n) is 15.4. The molecule has 4 nitrogen and oxygen atoms in total. The van der Waals surface area contributed by atoms with Gasteiger partial charge in [-0.05, 0) is 42.8 Å². The molecule has 0 aliphatic rings. The third-order valence-corrected chi connectivity index (χ3v) is 4.56. The topological polar surface area (TPSA) is 55.4 Å². The molecule has 0 saturated carbocycles. The number of nitrogens with one attached hydrogen (secondary N) is 1. The number of anilines is 1. The number of amides is 1. The van der Waals surface area contributed by atoms with Gasteiger partial charge in [-0.3, -0.25) is 9.59 Å². The van der Waals surface area contributed by atoms with E-state index in [1.165, 1.54) is 0 Å². The Labute approximate surface area is 169 Å². The minimum atomic E-state index is -0.564. The van der Waals surface area contributed by atoms with Gasteiger partial charge in [-0.1, -0.05) is 61.0 Å². The number of hydrogen-bond acceptors (Lipinski definition) is 3. The molecule has 28 heavy (non-hydrogen) atoms. The Morgan fingerprint density at radius 2 is 1.57 bits per heavy atom. The second-order valence-corrected chi connectivity index (χ2v) is 6.61. The van der Waals surface area contributed by atoms with Gasteiger partial charge in [0, 0.05) is 11.3 Å². The molecule has 0 aromatic heterocycles. The fourth-order valence-electron chi connectivity index (χ4n) is 2.74. The third kappa shape index (κ3) is 4.78. The molecule has 1 amide bonds. The lowest BCUT2D eigenvalue weighted by atomic mass is 10.0. The van der Waals surface area contributed by atoms with E-state index in [0.717, 1.165) is 0 Å². The van der Waals surface area contributed by atoms with Crippen LogP contribution in [0.15, 0.2) is 78.9 Å². The molecule has 142 valence electrons. The normalized spacial score (nSPS) is 11.5. The summed E-state index contributed by atoms with van der Waals surface area (Å²) in [6, 6.07) is 22.8. The van der Waals surface area contributed by atoms with Crippen molar-refractivity contribution in [1.29, 1.82) is 0 Å². The minimum absolute atomic E-state index is 0.0563. The molecule has 0 saturated heterocycles. The highest BCUT2D eigenvalue weighted by Crippen LogP contribution is 2.21. The Bertz CT molecular complexity index is 955. The van der Waals surface area contributed by atoms with Gasteiger partial charge in [0.05, 0.1) is 10.6 Å². The van der Waals surface area contributed by atoms with Crippen molar-refractivity contribution in [3.63, 3.8) is 0 Å². The summed E-state index contributed by atoms with van der Waals surface area (Å²) in [6.45, 7) is 1.91. The fraction of sp³-hybridized carbons (Fsp3) is 0.130. The van der Waals surface area contributed by atoms with E-state index in [1.54, 1.807) is 60.7 Å². The van der Waals surface area contributed by atoms with Crippen molar-refractivity contribution in [2.24, 2.45) is 0 Å². The van der Waals surface area contributed by atoms with Gasteiger partial charge in [0.15, 0.2) is 6.10 Å². The smallest absolute Gasteiger partial charge is 0.257 e. The van der Waals surface area contributed by atoms with E-state index in [4.69, 9.17) is 16.3 Å². The number of ketones is 1. The van der Waals surface area contributed by atoms with E-state index in [1.807, 2.05) is 25.1 Å². The summed E-state index contributed by atoms with van der Waals surface area (Å²) in [7, 11) is 0. The van der Waals surface area contributed by atoms with Gasteiger partial charge in [0.25, 0.3) is 5.91 Å². The largest absolute Gasteiger partial charge is 0.482 e. The van der Waals surface area contributed by atoms with Crippen molar-refractivity contribution >= 4 is 29.0 Å². The highest BCUT2D eigenvalue weighted by molar-refractivity contribution is 6.34. The lowest BCUT2D eigenvalue weighted by Gasteiger charge is -2.17. The van der Waals surface area contributed by atoms with Crippen molar-refractivity contribution in [2.75, 3.05) is 5.32 Å². The molecular weight excluding hydrogens is 374 g/mol. The van der Waals surface area contributed by atoms with Crippen molar-refractivity contribution in [3.8, 4) is 5.75 Å². The summed E-state index contributed by atoms with van der Waals surface area (Å²) in [5.74, 6) is 0.219. The van der Waals surface area contributed by atoms with Crippen molar-refractivity contribution in [2.45, 2.75) is 19.4 Å². The predicted octanol–water partition coefficient (Wildman–Crippen LogP) is 5.63. The first-order valence-corrected chi connectivity index (χ1v) is 9.38. The molecule has 0 heterocycles.